The van der Waals surface area contributed by atoms with Gasteiger partial charge in [-0.1, -0.05) is 11.6 Å². The lowest BCUT2D eigenvalue weighted by molar-refractivity contribution is -0.127. The molecule has 1 atom stereocenters. The number of hydrogen-bond acceptors (Lipinski definition) is 4. The number of nitriles is 1. The van der Waals surface area contributed by atoms with Gasteiger partial charge in [0.05, 0.1) is 6.07 Å². The van der Waals surface area contributed by atoms with Crippen molar-refractivity contribution in [3.05, 3.63) is 29.3 Å². The molecule has 0 aromatic heterocycles. The molecule has 0 radical (unpaired) electrons. The Bertz CT molecular complexity index is 540. The Morgan fingerprint density at radius 1 is 1.27 bits per heavy atom. The van der Waals surface area contributed by atoms with Crippen LogP contribution in [-0.2, 0) is 9.59 Å². The largest absolute Gasteiger partial charge is 0.481 e. The first-order valence-corrected chi connectivity index (χ1v) is 7.24. The number of rotatable bonds is 8. The van der Waals surface area contributed by atoms with Crippen molar-refractivity contribution in [2.24, 2.45) is 0 Å². The summed E-state index contributed by atoms with van der Waals surface area (Å²) in [6.45, 7) is 2.48. The van der Waals surface area contributed by atoms with E-state index in [4.69, 9.17) is 21.6 Å². The Balaban J connectivity index is 2.20. The predicted molar refractivity (Wildman–Crippen MR) is 82.4 cm³/mol. The van der Waals surface area contributed by atoms with Crippen molar-refractivity contribution in [2.45, 2.75) is 25.9 Å². The number of hydrogen-bond donors (Lipinski definition) is 2. The zero-order valence-electron chi connectivity index (χ0n) is 12.3. The molecule has 22 heavy (non-hydrogen) atoms. The summed E-state index contributed by atoms with van der Waals surface area (Å²) < 4.78 is 5.48. The second-order valence-corrected chi connectivity index (χ2v) is 4.98. The van der Waals surface area contributed by atoms with Gasteiger partial charge in [-0.3, -0.25) is 9.59 Å². The lowest BCUT2D eigenvalue weighted by Gasteiger charge is -2.14. The third kappa shape index (κ3) is 6.95. The van der Waals surface area contributed by atoms with E-state index in [1.165, 1.54) is 0 Å². The topological polar surface area (TPSA) is 91.2 Å². The molecule has 6 nitrogen and oxygen atoms in total. The standard InChI is InChI=1S/C15H18ClN3O3/c1-11(22-13-5-3-12(16)4-6-13)15(21)19-10-2-9-18-14(20)7-8-17/h3-6,11H,2,7,9-10H2,1H3,(H,18,20)(H,19,21). The van der Waals surface area contributed by atoms with Crippen LogP contribution in [0.1, 0.15) is 19.8 Å². The molecule has 1 aromatic carbocycles. The molecule has 2 N–H and O–H groups in total. The Morgan fingerprint density at radius 3 is 2.55 bits per heavy atom. The second kappa shape index (κ2) is 9.64. The molecule has 118 valence electrons. The average Bonchev–Trinajstić information content (AvgIpc) is 2.49. The Hall–Kier alpha value is -2.26. The first kappa shape index (κ1) is 17.8. The monoisotopic (exact) mass is 323 g/mol. The van der Waals surface area contributed by atoms with Crippen LogP contribution in [0.4, 0.5) is 0 Å². The molecule has 2 amide bonds. The quantitative estimate of drug-likeness (QED) is 0.711. The number of carbonyl (C=O) groups excluding carboxylic acids is 2. The molecule has 0 bridgehead atoms. The highest BCUT2D eigenvalue weighted by molar-refractivity contribution is 6.30. The van der Waals surface area contributed by atoms with Crippen molar-refractivity contribution >= 4 is 23.4 Å². The van der Waals surface area contributed by atoms with Crippen molar-refractivity contribution in [1.29, 1.82) is 5.26 Å². The number of ether oxygens (including phenoxy) is 1. The molecular formula is C15H18ClN3O3. The molecule has 0 heterocycles. The number of nitrogens with one attached hydrogen (secondary N) is 2. The third-order valence-electron chi connectivity index (χ3n) is 2.71. The fourth-order valence-electron chi connectivity index (χ4n) is 1.58. The van der Waals surface area contributed by atoms with E-state index >= 15 is 0 Å². The van der Waals surface area contributed by atoms with E-state index in [9.17, 15) is 9.59 Å². The average molecular weight is 324 g/mol. The van der Waals surface area contributed by atoms with E-state index in [2.05, 4.69) is 10.6 Å². The van der Waals surface area contributed by atoms with Gasteiger partial charge in [0.25, 0.3) is 5.91 Å². The summed E-state index contributed by atoms with van der Waals surface area (Å²) in [5.74, 6) is 0.0161. The Kier molecular flexibility index (Phi) is 7.79. The highest BCUT2D eigenvalue weighted by atomic mass is 35.5. The van der Waals surface area contributed by atoms with E-state index < -0.39 is 6.10 Å². The molecular weight excluding hydrogens is 306 g/mol. The van der Waals surface area contributed by atoms with Crippen molar-refractivity contribution in [3.63, 3.8) is 0 Å². The highest BCUT2D eigenvalue weighted by Gasteiger charge is 2.13. The zero-order valence-corrected chi connectivity index (χ0v) is 13.0. The number of halogens is 1. The molecule has 0 aliphatic heterocycles. The Morgan fingerprint density at radius 2 is 1.91 bits per heavy atom. The first-order chi connectivity index (χ1) is 10.5. The maximum atomic E-state index is 11.8. The second-order valence-electron chi connectivity index (χ2n) is 4.54. The van der Waals surface area contributed by atoms with E-state index in [0.29, 0.717) is 30.3 Å². The third-order valence-corrected chi connectivity index (χ3v) is 2.96. The van der Waals surface area contributed by atoms with Gasteiger partial charge in [0.2, 0.25) is 5.91 Å². The summed E-state index contributed by atoms with van der Waals surface area (Å²) in [7, 11) is 0. The summed E-state index contributed by atoms with van der Waals surface area (Å²) >= 11 is 5.77. The van der Waals surface area contributed by atoms with Crippen molar-refractivity contribution in [3.8, 4) is 11.8 Å². The number of nitrogens with zero attached hydrogens (tertiary/aromatic N) is 1. The van der Waals surface area contributed by atoms with Gasteiger partial charge in [-0.2, -0.15) is 5.26 Å². The van der Waals surface area contributed by atoms with Gasteiger partial charge in [0, 0.05) is 18.1 Å². The van der Waals surface area contributed by atoms with Crippen LogP contribution in [-0.4, -0.2) is 31.0 Å². The molecule has 0 saturated carbocycles. The van der Waals surface area contributed by atoms with Gasteiger partial charge in [-0.25, -0.2) is 0 Å². The predicted octanol–water partition coefficient (Wildman–Crippen LogP) is 1.64. The highest BCUT2D eigenvalue weighted by Crippen LogP contribution is 2.16. The summed E-state index contributed by atoms with van der Waals surface area (Å²) in [4.78, 5) is 22.8. The van der Waals surface area contributed by atoms with Gasteiger partial charge >= 0.3 is 0 Å². The molecule has 0 spiro atoms. The number of benzene rings is 1. The SMILES string of the molecule is CC(Oc1ccc(Cl)cc1)C(=O)NCCCNC(=O)CC#N. The van der Waals surface area contributed by atoms with Gasteiger partial charge in [0.15, 0.2) is 6.10 Å². The maximum Gasteiger partial charge on any atom is 0.260 e. The minimum atomic E-state index is -0.630. The van der Waals surface area contributed by atoms with E-state index in [1.54, 1.807) is 37.3 Å². The van der Waals surface area contributed by atoms with Crippen LogP contribution in [0, 0.1) is 11.3 Å². The van der Waals surface area contributed by atoms with Gasteiger partial charge in [0.1, 0.15) is 12.2 Å². The van der Waals surface area contributed by atoms with Crippen LogP contribution in [0.3, 0.4) is 0 Å². The van der Waals surface area contributed by atoms with Crippen LogP contribution in [0.15, 0.2) is 24.3 Å². The summed E-state index contributed by atoms with van der Waals surface area (Å²) in [6, 6.07) is 8.52. The van der Waals surface area contributed by atoms with Crippen molar-refractivity contribution in [2.75, 3.05) is 13.1 Å². The fourth-order valence-corrected chi connectivity index (χ4v) is 1.70. The minimum absolute atomic E-state index is 0.154. The fraction of sp³-hybridized carbons (Fsp3) is 0.400. The van der Waals surface area contributed by atoms with Crippen LogP contribution in [0.5, 0.6) is 5.75 Å². The van der Waals surface area contributed by atoms with Crippen molar-refractivity contribution in [1.82, 2.24) is 10.6 Å². The Labute approximate surface area is 134 Å². The van der Waals surface area contributed by atoms with Gasteiger partial charge in [-0.05, 0) is 37.6 Å². The van der Waals surface area contributed by atoms with Crippen LogP contribution in [0.25, 0.3) is 0 Å². The van der Waals surface area contributed by atoms with Crippen LogP contribution >= 0.6 is 11.6 Å². The molecule has 7 heteroatoms. The van der Waals surface area contributed by atoms with E-state index in [0.717, 1.165) is 0 Å². The van der Waals surface area contributed by atoms with E-state index in [-0.39, 0.29) is 18.2 Å². The van der Waals surface area contributed by atoms with E-state index in [1.807, 2.05) is 0 Å². The molecule has 1 rings (SSSR count). The number of amides is 2. The lowest BCUT2D eigenvalue weighted by Crippen LogP contribution is -2.37. The maximum absolute atomic E-state index is 11.8. The van der Waals surface area contributed by atoms with Crippen LogP contribution in [0.2, 0.25) is 5.02 Å². The minimum Gasteiger partial charge on any atom is -0.481 e. The molecule has 1 aromatic rings. The summed E-state index contributed by atoms with van der Waals surface area (Å²) in [6.07, 6.45) is -0.205. The first-order valence-electron chi connectivity index (χ1n) is 6.86. The van der Waals surface area contributed by atoms with Gasteiger partial charge < -0.3 is 15.4 Å². The normalized spacial score (nSPS) is 11.1. The smallest absolute Gasteiger partial charge is 0.260 e. The molecule has 0 aliphatic rings. The molecule has 0 fully saturated rings. The van der Waals surface area contributed by atoms with Crippen molar-refractivity contribution < 1.29 is 14.3 Å². The molecule has 0 aliphatic carbocycles. The number of carbonyl (C=O) groups is 2. The molecule has 0 saturated heterocycles. The lowest BCUT2D eigenvalue weighted by atomic mass is 10.3. The molecule has 1 unspecified atom stereocenters. The van der Waals surface area contributed by atoms with Crippen LogP contribution < -0.4 is 15.4 Å². The zero-order chi connectivity index (χ0) is 16.4. The summed E-state index contributed by atoms with van der Waals surface area (Å²) in [5.41, 5.74) is 0. The summed E-state index contributed by atoms with van der Waals surface area (Å²) in [5, 5.41) is 14.2. The van der Waals surface area contributed by atoms with Gasteiger partial charge in [-0.15, -0.1) is 0 Å².